The van der Waals surface area contributed by atoms with Gasteiger partial charge in [-0.3, -0.25) is 4.79 Å². The van der Waals surface area contributed by atoms with E-state index in [2.05, 4.69) is 10.9 Å². The van der Waals surface area contributed by atoms with Crippen molar-refractivity contribution < 1.29 is 4.79 Å². The van der Waals surface area contributed by atoms with Gasteiger partial charge in [0, 0.05) is 18.9 Å². The highest BCUT2D eigenvalue weighted by Gasteiger charge is 2.29. The summed E-state index contributed by atoms with van der Waals surface area (Å²) in [6.07, 6.45) is 7.30. The SMILES string of the molecule is C#CC1CC(=O)N(c2ccc(N)nc2)C1. The van der Waals surface area contributed by atoms with E-state index in [9.17, 15) is 4.79 Å². The number of nitrogens with two attached hydrogens (primary N) is 1. The van der Waals surface area contributed by atoms with Gasteiger partial charge in [0.1, 0.15) is 5.82 Å². The molecule has 0 aliphatic carbocycles. The van der Waals surface area contributed by atoms with Crippen molar-refractivity contribution in [3.63, 3.8) is 0 Å². The van der Waals surface area contributed by atoms with Gasteiger partial charge in [-0.25, -0.2) is 4.98 Å². The molecule has 1 fully saturated rings. The molecule has 2 heterocycles. The summed E-state index contributed by atoms with van der Waals surface area (Å²) in [6, 6.07) is 3.45. The Kier molecular flexibility index (Phi) is 2.30. The number of carbonyl (C=O) groups is 1. The van der Waals surface area contributed by atoms with Crippen LogP contribution in [0.25, 0.3) is 0 Å². The predicted molar refractivity (Wildman–Crippen MR) is 57.9 cm³/mol. The van der Waals surface area contributed by atoms with Gasteiger partial charge in [-0.05, 0) is 12.1 Å². The Bertz CT molecular complexity index is 418. The summed E-state index contributed by atoms with van der Waals surface area (Å²) >= 11 is 0. The molecule has 1 saturated heterocycles. The minimum absolute atomic E-state index is 0.00931. The Morgan fingerprint density at radius 2 is 2.40 bits per heavy atom. The van der Waals surface area contributed by atoms with Gasteiger partial charge in [0.2, 0.25) is 5.91 Å². The van der Waals surface area contributed by atoms with Crippen LogP contribution in [0.5, 0.6) is 0 Å². The van der Waals surface area contributed by atoms with Crippen LogP contribution in [-0.4, -0.2) is 17.4 Å². The van der Waals surface area contributed by atoms with Crippen LogP contribution in [0.3, 0.4) is 0 Å². The van der Waals surface area contributed by atoms with Crippen LogP contribution >= 0.6 is 0 Å². The van der Waals surface area contributed by atoms with Gasteiger partial charge in [-0.15, -0.1) is 12.3 Å². The van der Waals surface area contributed by atoms with E-state index in [4.69, 9.17) is 12.2 Å². The van der Waals surface area contributed by atoms with Gasteiger partial charge in [-0.2, -0.15) is 0 Å². The largest absolute Gasteiger partial charge is 0.384 e. The summed E-state index contributed by atoms with van der Waals surface area (Å²) in [5.74, 6) is 3.10. The van der Waals surface area contributed by atoms with Crippen molar-refractivity contribution in [2.45, 2.75) is 6.42 Å². The molecule has 1 aliphatic rings. The van der Waals surface area contributed by atoms with Gasteiger partial charge in [0.15, 0.2) is 0 Å². The molecule has 1 unspecified atom stereocenters. The van der Waals surface area contributed by atoms with Crippen molar-refractivity contribution >= 4 is 17.4 Å². The number of hydrogen-bond donors (Lipinski definition) is 1. The van der Waals surface area contributed by atoms with Crippen molar-refractivity contribution in [2.24, 2.45) is 5.92 Å². The number of anilines is 2. The molecule has 15 heavy (non-hydrogen) atoms. The van der Waals surface area contributed by atoms with Crippen LogP contribution in [0.2, 0.25) is 0 Å². The second-order valence-electron chi connectivity index (χ2n) is 3.51. The van der Waals surface area contributed by atoms with E-state index in [1.165, 1.54) is 0 Å². The second kappa shape index (κ2) is 3.62. The molecule has 1 aromatic rings. The van der Waals surface area contributed by atoms with Gasteiger partial charge >= 0.3 is 0 Å². The Balaban J connectivity index is 2.22. The lowest BCUT2D eigenvalue weighted by molar-refractivity contribution is -0.117. The summed E-state index contributed by atoms with van der Waals surface area (Å²) in [7, 11) is 0. The number of amides is 1. The fourth-order valence-corrected chi connectivity index (χ4v) is 1.63. The fraction of sp³-hybridized carbons (Fsp3) is 0.273. The average molecular weight is 201 g/mol. The number of carbonyl (C=O) groups excluding carboxylic acids is 1. The molecule has 2 N–H and O–H groups in total. The standard InChI is InChI=1S/C11H11N3O/c1-2-8-5-11(15)14(7-8)9-3-4-10(12)13-6-9/h1,3-4,6,8H,5,7H2,(H2,12,13). The van der Waals surface area contributed by atoms with Crippen LogP contribution in [-0.2, 0) is 4.79 Å². The molecule has 76 valence electrons. The molecule has 1 aromatic heterocycles. The first kappa shape index (κ1) is 9.53. The zero-order chi connectivity index (χ0) is 10.8. The van der Waals surface area contributed by atoms with Crippen LogP contribution < -0.4 is 10.6 Å². The van der Waals surface area contributed by atoms with Crippen molar-refractivity contribution in [3.05, 3.63) is 18.3 Å². The Morgan fingerprint density at radius 3 is 2.93 bits per heavy atom. The van der Waals surface area contributed by atoms with Crippen LogP contribution in [0.15, 0.2) is 18.3 Å². The molecular weight excluding hydrogens is 190 g/mol. The van der Waals surface area contributed by atoms with Crippen molar-refractivity contribution in [3.8, 4) is 12.3 Å². The first-order valence-electron chi connectivity index (χ1n) is 4.68. The summed E-state index contributed by atoms with van der Waals surface area (Å²) in [5, 5.41) is 0. The summed E-state index contributed by atoms with van der Waals surface area (Å²) in [5.41, 5.74) is 6.22. The smallest absolute Gasteiger partial charge is 0.228 e. The van der Waals surface area contributed by atoms with Gasteiger partial charge < -0.3 is 10.6 Å². The third-order valence-corrected chi connectivity index (χ3v) is 2.44. The van der Waals surface area contributed by atoms with Gasteiger partial charge in [-0.1, -0.05) is 0 Å². The highest BCUT2D eigenvalue weighted by Crippen LogP contribution is 2.24. The van der Waals surface area contributed by atoms with E-state index in [0.29, 0.717) is 18.8 Å². The van der Waals surface area contributed by atoms with Crippen LogP contribution in [0.1, 0.15) is 6.42 Å². The molecule has 1 amide bonds. The topological polar surface area (TPSA) is 59.2 Å². The minimum atomic E-state index is 0.00931. The maximum Gasteiger partial charge on any atom is 0.228 e. The molecule has 0 aromatic carbocycles. The third kappa shape index (κ3) is 1.77. The fourth-order valence-electron chi connectivity index (χ4n) is 1.63. The lowest BCUT2D eigenvalue weighted by Crippen LogP contribution is -2.24. The molecule has 0 radical (unpaired) electrons. The summed E-state index contributed by atoms with van der Waals surface area (Å²) < 4.78 is 0. The number of pyridine rings is 1. The Hall–Kier alpha value is -2.02. The average Bonchev–Trinajstić information content (AvgIpc) is 2.61. The van der Waals surface area contributed by atoms with E-state index in [1.54, 1.807) is 23.2 Å². The molecule has 0 bridgehead atoms. The summed E-state index contributed by atoms with van der Waals surface area (Å²) in [4.78, 5) is 17.2. The molecular formula is C11H11N3O. The number of hydrogen-bond acceptors (Lipinski definition) is 3. The van der Waals surface area contributed by atoms with Crippen molar-refractivity contribution in [2.75, 3.05) is 17.2 Å². The number of aromatic nitrogens is 1. The van der Waals surface area contributed by atoms with Crippen molar-refractivity contribution in [1.29, 1.82) is 0 Å². The monoisotopic (exact) mass is 201 g/mol. The number of rotatable bonds is 1. The number of nitrogen functional groups attached to an aromatic ring is 1. The first-order chi connectivity index (χ1) is 7.20. The minimum Gasteiger partial charge on any atom is -0.384 e. The molecule has 1 atom stereocenters. The zero-order valence-corrected chi connectivity index (χ0v) is 8.18. The van der Waals surface area contributed by atoms with E-state index < -0.39 is 0 Å². The number of nitrogens with zero attached hydrogens (tertiary/aromatic N) is 2. The second-order valence-corrected chi connectivity index (χ2v) is 3.51. The first-order valence-corrected chi connectivity index (χ1v) is 4.68. The molecule has 4 heteroatoms. The van der Waals surface area contributed by atoms with E-state index >= 15 is 0 Å². The maximum atomic E-state index is 11.6. The van der Waals surface area contributed by atoms with Crippen molar-refractivity contribution in [1.82, 2.24) is 4.98 Å². The molecule has 2 rings (SSSR count). The quantitative estimate of drug-likeness (QED) is 0.679. The van der Waals surface area contributed by atoms with Gasteiger partial charge in [0.05, 0.1) is 11.9 Å². The molecule has 0 saturated carbocycles. The van der Waals surface area contributed by atoms with Gasteiger partial charge in [0.25, 0.3) is 0 Å². The highest BCUT2D eigenvalue weighted by atomic mass is 16.2. The third-order valence-electron chi connectivity index (χ3n) is 2.44. The predicted octanol–water partition coefficient (Wildman–Crippen LogP) is 0.650. The van der Waals surface area contributed by atoms with E-state index in [1.807, 2.05) is 0 Å². The lowest BCUT2D eigenvalue weighted by Gasteiger charge is -2.15. The van der Waals surface area contributed by atoms with E-state index in [-0.39, 0.29) is 11.8 Å². The highest BCUT2D eigenvalue weighted by molar-refractivity contribution is 5.96. The Morgan fingerprint density at radius 1 is 1.60 bits per heavy atom. The maximum absolute atomic E-state index is 11.6. The summed E-state index contributed by atoms with van der Waals surface area (Å²) in [6.45, 7) is 0.570. The number of terminal acetylenes is 1. The normalized spacial score (nSPS) is 20.3. The van der Waals surface area contributed by atoms with E-state index in [0.717, 1.165) is 5.69 Å². The zero-order valence-electron chi connectivity index (χ0n) is 8.18. The lowest BCUT2D eigenvalue weighted by atomic mass is 10.1. The van der Waals surface area contributed by atoms with Crippen LogP contribution in [0, 0.1) is 18.3 Å². The molecule has 0 spiro atoms. The molecule has 4 nitrogen and oxygen atoms in total. The Labute approximate surface area is 88.1 Å². The van der Waals surface area contributed by atoms with Crippen LogP contribution in [0.4, 0.5) is 11.5 Å². The molecule has 1 aliphatic heterocycles.